The number of rotatable bonds is 6. The van der Waals surface area contributed by atoms with E-state index in [0.717, 1.165) is 35.3 Å². The molecule has 34 heavy (non-hydrogen) atoms. The maximum Gasteiger partial charge on any atom is 0.257 e. The van der Waals surface area contributed by atoms with Crippen LogP contribution in [-0.4, -0.2) is 31.0 Å². The maximum absolute atomic E-state index is 13.5. The van der Waals surface area contributed by atoms with Crippen LogP contribution in [0.25, 0.3) is 22.2 Å². The highest BCUT2D eigenvalue weighted by atomic mass is 32.1. The lowest BCUT2D eigenvalue weighted by Crippen LogP contribution is -2.18. The molecular formula is C26H23N3O4S. The van der Waals surface area contributed by atoms with Crippen LogP contribution < -0.4 is 20.5 Å². The van der Waals surface area contributed by atoms with E-state index in [1.54, 1.807) is 26.4 Å². The molecule has 0 unspecified atom stereocenters. The molecule has 172 valence electrons. The van der Waals surface area contributed by atoms with E-state index < -0.39 is 5.91 Å². The van der Waals surface area contributed by atoms with E-state index in [9.17, 15) is 9.59 Å². The molecule has 4 aromatic rings. The summed E-state index contributed by atoms with van der Waals surface area (Å²) in [4.78, 5) is 31.6. The molecule has 2 aromatic heterocycles. The van der Waals surface area contributed by atoms with Crippen LogP contribution in [0.2, 0.25) is 0 Å². The summed E-state index contributed by atoms with van der Waals surface area (Å²) in [6, 6.07) is 14.7. The Bertz CT molecular complexity index is 1440. The summed E-state index contributed by atoms with van der Waals surface area (Å²) in [5.74, 6) is 0.345. The molecule has 0 atom stereocenters. The van der Waals surface area contributed by atoms with Gasteiger partial charge in [0.1, 0.15) is 5.00 Å². The third-order valence-electron chi connectivity index (χ3n) is 6.03. The topological polar surface area (TPSA) is 104 Å². The number of para-hydroxylation sites is 1. The number of hydrogen-bond acceptors (Lipinski definition) is 6. The molecule has 0 bridgehead atoms. The minimum absolute atomic E-state index is 0.317. The van der Waals surface area contributed by atoms with Crippen molar-refractivity contribution in [3.63, 3.8) is 0 Å². The fourth-order valence-electron chi connectivity index (χ4n) is 4.43. The second-order valence-electron chi connectivity index (χ2n) is 8.02. The minimum atomic E-state index is -0.514. The standard InChI is InChI=1S/C26H23N3O4S/c1-32-20-11-10-14(12-21(20)33-2)19-13-17(15-6-3-4-8-18(15)28-19)25(31)29-26-23(24(27)30)16-7-5-9-22(16)34-26/h3-4,6,8,10-13H,5,7,9H2,1-2H3,(H2,27,30)(H,29,31). The van der Waals surface area contributed by atoms with Crippen LogP contribution in [0.5, 0.6) is 11.5 Å². The number of hydrogen-bond donors (Lipinski definition) is 2. The van der Waals surface area contributed by atoms with Crippen molar-refractivity contribution in [2.45, 2.75) is 19.3 Å². The normalized spacial score (nSPS) is 12.4. The monoisotopic (exact) mass is 473 g/mol. The van der Waals surface area contributed by atoms with Crippen molar-refractivity contribution in [2.75, 3.05) is 19.5 Å². The van der Waals surface area contributed by atoms with Crippen LogP contribution >= 0.6 is 11.3 Å². The molecule has 2 amide bonds. The number of ether oxygens (including phenoxy) is 2. The number of carbonyl (C=O) groups excluding carboxylic acids is 2. The number of primary amides is 1. The zero-order chi connectivity index (χ0) is 23.8. The third kappa shape index (κ3) is 3.76. The van der Waals surface area contributed by atoms with Gasteiger partial charge >= 0.3 is 0 Å². The lowest BCUT2D eigenvalue weighted by molar-refractivity contribution is 0.100. The molecule has 0 fully saturated rings. The molecule has 1 aliphatic carbocycles. The van der Waals surface area contributed by atoms with Crippen molar-refractivity contribution in [3.05, 3.63) is 70.1 Å². The third-order valence-corrected chi connectivity index (χ3v) is 7.24. The van der Waals surface area contributed by atoms with Crippen LogP contribution in [-0.2, 0) is 12.8 Å². The van der Waals surface area contributed by atoms with E-state index in [1.807, 2.05) is 36.4 Å². The first-order valence-electron chi connectivity index (χ1n) is 10.9. The molecule has 0 saturated heterocycles. The molecule has 2 aromatic carbocycles. The molecule has 1 aliphatic rings. The van der Waals surface area contributed by atoms with Crippen LogP contribution in [0.1, 0.15) is 37.6 Å². The first-order chi connectivity index (χ1) is 16.5. The van der Waals surface area contributed by atoms with E-state index in [4.69, 9.17) is 20.2 Å². The molecule has 8 heteroatoms. The Balaban J connectivity index is 1.59. The Morgan fingerprint density at radius 2 is 1.82 bits per heavy atom. The van der Waals surface area contributed by atoms with Crippen molar-refractivity contribution in [1.82, 2.24) is 4.98 Å². The molecule has 0 radical (unpaired) electrons. The average molecular weight is 474 g/mol. The van der Waals surface area contributed by atoms with E-state index in [1.165, 1.54) is 11.3 Å². The molecule has 0 spiro atoms. The number of aromatic nitrogens is 1. The van der Waals surface area contributed by atoms with Gasteiger partial charge in [0.25, 0.3) is 11.8 Å². The number of carbonyl (C=O) groups is 2. The Kier molecular flexibility index (Phi) is 5.67. The second kappa shape index (κ2) is 8.79. The highest BCUT2D eigenvalue weighted by Gasteiger charge is 2.27. The summed E-state index contributed by atoms with van der Waals surface area (Å²) in [6.45, 7) is 0. The van der Waals surface area contributed by atoms with Gasteiger partial charge in [0.05, 0.1) is 36.6 Å². The summed E-state index contributed by atoms with van der Waals surface area (Å²) in [5, 5.41) is 4.18. The maximum atomic E-state index is 13.5. The quantitative estimate of drug-likeness (QED) is 0.418. The van der Waals surface area contributed by atoms with E-state index >= 15 is 0 Å². The number of fused-ring (bicyclic) bond motifs is 2. The first kappa shape index (κ1) is 21.9. The number of benzene rings is 2. The largest absolute Gasteiger partial charge is 0.493 e. The zero-order valence-electron chi connectivity index (χ0n) is 18.8. The minimum Gasteiger partial charge on any atom is -0.493 e. The Hall–Kier alpha value is -3.91. The lowest BCUT2D eigenvalue weighted by atomic mass is 10.0. The SMILES string of the molecule is COc1ccc(-c2cc(C(=O)Nc3sc4c(c3C(N)=O)CCC4)c3ccccc3n2)cc1OC. The fourth-order valence-corrected chi connectivity index (χ4v) is 5.72. The summed E-state index contributed by atoms with van der Waals surface area (Å²) in [7, 11) is 3.15. The van der Waals surface area contributed by atoms with Gasteiger partial charge < -0.3 is 20.5 Å². The highest BCUT2D eigenvalue weighted by Crippen LogP contribution is 2.39. The number of nitrogens with two attached hydrogens (primary N) is 1. The van der Waals surface area contributed by atoms with Gasteiger partial charge in [-0.15, -0.1) is 11.3 Å². The van der Waals surface area contributed by atoms with E-state index in [2.05, 4.69) is 5.32 Å². The van der Waals surface area contributed by atoms with Gasteiger partial charge in [0.2, 0.25) is 0 Å². The molecule has 0 saturated carbocycles. The lowest BCUT2D eigenvalue weighted by Gasteiger charge is -2.12. The van der Waals surface area contributed by atoms with Gasteiger partial charge in [0, 0.05) is 15.8 Å². The molecule has 5 rings (SSSR count). The average Bonchev–Trinajstić information content (AvgIpc) is 3.43. The van der Waals surface area contributed by atoms with Gasteiger partial charge in [-0.05, 0) is 55.2 Å². The molecule has 2 heterocycles. The Morgan fingerprint density at radius 3 is 2.59 bits per heavy atom. The number of anilines is 1. The van der Waals surface area contributed by atoms with Gasteiger partial charge in [-0.1, -0.05) is 18.2 Å². The van der Waals surface area contributed by atoms with Crippen molar-refractivity contribution in [1.29, 1.82) is 0 Å². The van der Waals surface area contributed by atoms with Crippen LogP contribution in [0, 0.1) is 0 Å². The predicted octanol–water partition coefficient (Wildman–Crippen LogP) is 4.82. The summed E-state index contributed by atoms with van der Waals surface area (Å²) < 4.78 is 10.8. The fraction of sp³-hybridized carbons (Fsp3) is 0.192. The van der Waals surface area contributed by atoms with Crippen molar-refractivity contribution in [2.24, 2.45) is 5.73 Å². The Labute approximate surface area is 200 Å². The summed E-state index contributed by atoms with van der Waals surface area (Å²) in [6.07, 6.45) is 2.71. The van der Waals surface area contributed by atoms with Gasteiger partial charge in [-0.25, -0.2) is 4.98 Å². The molecule has 0 aliphatic heterocycles. The van der Waals surface area contributed by atoms with Crippen molar-refractivity contribution in [3.8, 4) is 22.8 Å². The van der Waals surface area contributed by atoms with Gasteiger partial charge in [0.15, 0.2) is 11.5 Å². The predicted molar refractivity (Wildman–Crippen MR) is 133 cm³/mol. The number of pyridine rings is 1. The molecule has 7 nitrogen and oxygen atoms in total. The van der Waals surface area contributed by atoms with E-state index in [0.29, 0.717) is 44.2 Å². The van der Waals surface area contributed by atoms with Crippen molar-refractivity contribution >= 4 is 39.1 Å². The summed E-state index contributed by atoms with van der Waals surface area (Å²) >= 11 is 1.44. The number of nitrogens with one attached hydrogen (secondary N) is 1. The van der Waals surface area contributed by atoms with Gasteiger partial charge in [-0.2, -0.15) is 0 Å². The number of amides is 2. The van der Waals surface area contributed by atoms with Gasteiger partial charge in [-0.3, -0.25) is 9.59 Å². The van der Waals surface area contributed by atoms with Crippen LogP contribution in [0.4, 0.5) is 5.00 Å². The van der Waals surface area contributed by atoms with Crippen LogP contribution in [0.15, 0.2) is 48.5 Å². The second-order valence-corrected chi connectivity index (χ2v) is 9.13. The van der Waals surface area contributed by atoms with Crippen molar-refractivity contribution < 1.29 is 19.1 Å². The number of methoxy groups -OCH3 is 2. The van der Waals surface area contributed by atoms with Crippen LogP contribution in [0.3, 0.4) is 0 Å². The summed E-state index contributed by atoms with van der Waals surface area (Å²) in [5.41, 5.74) is 9.62. The highest BCUT2D eigenvalue weighted by molar-refractivity contribution is 7.17. The number of aryl methyl sites for hydroxylation is 1. The number of nitrogens with zero attached hydrogens (tertiary/aromatic N) is 1. The smallest absolute Gasteiger partial charge is 0.257 e. The van der Waals surface area contributed by atoms with E-state index in [-0.39, 0.29) is 5.91 Å². The Morgan fingerprint density at radius 1 is 1.03 bits per heavy atom. The molecular weight excluding hydrogens is 450 g/mol. The first-order valence-corrected chi connectivity index (χ1v) is 11.7. The number of thiophene rings is 1. The molecule has 3 N–H and O–H groups in total. The zero-order valence-corrected chi connectivity index (χ0v) is 19.6.